The average Bonchev–Trinajstić information content (AvgIpc) is 2.79. The van der Waals surface area contributed by atoms with Crippen molar-refractivity contribution in [3.05, 3.63) is 81.4 Å². The van der Waals surface area contributed by atoms with Crippen LogP contribution in [-0.4, -0.2) is 33.8 Å². The van der Waals surface area contributed by atoms with Gasteiger partial charge >= 0.3 is 11.9 Å². The summed E-state index contributed by atoms with van der Waals surface area (Å²) in [6.07, 6.45) is 0. The fourth-order valence-electron chi connectivity index (χ4n) is 3.57. The number of hydrogen-bond donors (Lipinski definition) is 0. The molecule has 8 nitrogen and oxygen atoms in total. The van der Waals surface area contributed by atoms with Crippen molar-refractivity contribution in [2.45, 2.75) is 13.5 Å². The van der Waals surface area contributed by atoms with Crippen LogP contribution in [0.3, 0.4) is 0 Å². The van der Waals surface area contributed by atoms with Crippen LogP contribution in [0.15, 0.2) is 53.3 Å². The lowest BCUT2D eigenvalue weighted by Crippen LogP contribution is -2.24. The van der Waals surface area contributed by atoms with E-state index < -0.39 is 11.9 Å². The van der Waals surface area contributed by atoms with Crippen molar-refractivity contribution >= 4 is 33.6 Å². The Bertz CT molecular complexity index is 1410. The van der Waals surface area contributed by atoms with Crippen LogP contribution in [0.4, 0.5) is 0 Å². The number of methoxy groups -OCH3 is 1. The smallest absolute Gasteiger partial charge is 0.359 e. The van der Waals surface area contributed by atoms with Gasteiger partial charge in [0, 0.05) is 17.8 Å². The molecule has 2 aromatic heterocycles. The zero-order chi connectivity index (χ0) is 22.1. The summed E-state index contributed by atoms with van der Waals surface area (Å²) in [6, 6.07) is 14.1. The van der Waals surface area contributed by atoms with E-state index in [1.54, 1.807) is 31.2 Å². The molecule has 4 aromatic rings. The zero-order valence-corrected chi connectivity index (χ0v) is 17.2. The molecule has 0 amide bonds. The van der Waals surface area contributed by atoms with Gasteiger partial charge in [0.1, 0.15) is 6.61 Å². The fraction of sp³-hybridized carbons (Fsp3) is 0.174. The average molecular weight is 417 g/mol. The number of carbonyl (C=O) groups is 2. The van der Waals surface area contributed by atoms with Gasteiger partial charge in [-0.2, -0.15) is 5.10 Å². The number of carbonyl (C=O) groups excluding carboxylic acids is 2. The maximum absolute atomic E-state index is 12.9. The van der Waals surface area contributed by atoms with Crippen molar-refractivity contribution in [2.24, 2.45) is 7.05 Å². The number of esters is 2. The van der Waals surface area contributed by atoms with Crippen molar-refractivity contribution in [1.29, 1.82) is 0 Å². The molecule has 0 bridgehead atoms. The van der Waals surface area contributed by atoms with Crippen molar-refractivity contribution in [1.82, 2.24) is 14.8 Å². The molecule has 2 heterocycles. The molecule has 2 aromatic carbocycles. The summed E-state index contributed by atoms with van der Waals surface area (Å²) in [5, 5.41) is 5.64. The molecule has 0 aliphatic heterocycles. The van der Waals surface area contributed by atoms with Crippen molar-refractivity contribution in [3.63, 3.8) is 0 Å². The summed E-state index contributed by atoms with van der Waals surface area (Å²) in [6.45, 7) is 1.54. The number of rotatable bonds is 4. The molecule has 0 fully saturated rings. The molecule has 4 rings (SSSR count). The van der Waals surface area contributed by atoms with Crippen LogP contribution >= 0.6 is 0 Å². The quantitative estimate of drug-likeness (QED) is 0.471. The van der Waals surface area contributed by atoms with E-state index in [1.807, 2.05) is 24.3 Å². The van der Waals surface area contributed by atoms with E-state index >= 15 is 0 Å². The fourth-order valence-corrected chi connectivity index (χ4v) is 3.57. The predicted molar refractivity (Wildman–Crippen MR) is 114 cm³/mol. The van der Waals surface area contributed by atoms with Crippen LogP contribution < -0.4 is 5.56 Å². The predicted octanol–water partition coefficient (Wildman–Crippen LogP) is 2.93. The van der Waals surface area contributed by atoms with E-state index in [1.165, 1.54) is 14.2 Å². The van der Waals surface area contributed by atoms with Gasteiger partial charge in [0.25, 0.3) is 5.56 Å². The van der Waals surface area contributed by atoms with Crippen molar-refractivity contribution in [3.8, 4) is 0 Å². The largest absolute Gasteiger partial charge is 0.465 e. The number of hydrogen-bond acceptors (Lipinski definition) is 7. The van der Waals surface area contributed by atoms with Gasteiger partial charge in [-0.3, -0.25) is 4.79 Å². The number of benzene rings is 2. The molecular weight excluding hydrogens is 398 g/mol. The number of pyridine rings is 1. The minimum Gasteiger partial charge on any atom is -0.465 e. The number of aryl methyl sites for hydroxylation is 2. The lowest BCUT2D eigenvalue weighted by molar-refractivity contribution is 0.0449. The third kappa shape index (κ3) is 3.52. The minimum atomic E-state index is -0.727. The Kier molecular flexibility index (Phi) is 5.21. The molecule has 0 aliphatic rings. The summed E-state index contributed by atoms with van der Waals surface area (Å²) >= 11 is 0. The second-order valence-electron chi connectivity index (χ2n) is 6.97. The lowest BCUT2D eigenvalue weighted by atomic mass is 10.0. The highest BCUT2D eigenvalue weighted by atomic mass is 16.5. The molecule has 8 heteroatoms. The summed E-state index contributed by atoms with van der Waals surface area (Å²) in [5.41, 5.74) is 1.60. The SMILES string of the molecule is COC(=O)c1c(COC(=O)c2nn(C)c(=O)c3ccccc23)nc2ccccc2c1C. The molecule has 0 spiro atoms. The van der Waals surface area contributed by atoms with Crippen LogP contribution in [-0.2, 0) is 23.1 Å². The van der Waals surface area contributed by atoms with Crippen LogP contribution in [0.5, 0.6) is 0 Å². The van der Waals surface area contributed by atoms with Crippen molar-refractivity contribution < 1.29 is 19.1 Å². The van der Waals surface area contributed by atoms with Gasteiger partial charge in [0.2, 0.25) is 0 Å². The molecule has 31 heavy (non-hydrogen) atoms. The molecule has 0 radical (unpaired) electrons. The first-order valence-electron chi connectivity index (χ1n) is 9.52. The highest BCUT2D eigenvalue weighted by Gasteiger charge is 2.22. The molecule has 0 aliphatic carbocycles. The third-order valence-corrected chi connectivity index (χ3v) is 5.11. The van der Waals surface area contributed by atoms with Crippen LogP contribution in [0, 0.1) is 6.92 Å². The first kappa shape index (κ1) is 20.2. The molecule has 156 valence electrons. The van der Waals surface area contributed by atoms with Crippen LogP contribution in [0.2, 0.25) is 0 Å². The Balaban J connectivity index is 1.74. The topological polar surface area (TPSA) is 100 Å². The van der Waals surface area contributed by atoms with E-state index in [0.717, 1.165) is 10.1 Å². The summed E-state index contributed by atoms with van der Waals surface area (Å²) in [7, 11) is 2.75. The van der Waals surface area contributed by atoms with Gasteiger partial charge in [-0.1, -0.05) is 36.4 Å². The van der Waals surface area contributed by atoms with E-state index in [0.29, 0.717) is 21.9 Å². The maximum atomic E-state index is 12.9. The van der Waals surface area contributed by atoms with Crippen LogP contribution in [0.1, 0.15) is 32.1 Å². The normalized spacial score (nSPS) is 10.9. The Morgan fingerprint density at radius 3 is 2.32 bits per heavy atom. The van der Waals surface area contributed by atoms with Crippen LogP contribution in [0.25, 0.3) is 21.7 Å². The number of para-hydroxylation sites is 1. The third-order valence-electron chi connectivity index (χ3n) is 5.11. The summed E-state index contributed by atoms with van der Waals surface area (Å²) < 4.78 is 11.5. The number of fused-ring (bicyclic) bond motifs is 2. The standard InChI is InChI=1S/C23H19N3O5/c1-13-14-8-6-7-11-17(14)24-18(19(13)22(28)30-3)12-31-23(29)20-15-9-4-5-10-16(15)21(27)26(2)25-20/h4-11H,12H2,1-3H3. The van der Waals surface area contributed by atoms with Gasteiger partial charge in [-0.05, 0) is 24.6 Å². The highest BCUT2D eigenvalue weighted by Crippen LogP contribution is 2.24. The second-order valence-corrected chi connectivity index (χ2v) is 6.97. The van der Waals surface area contributed by atoms with Crippen molar-refractivity contribution in [2.75, 3.05) is 7.11 Å². The van der Waals surface area contributed by atoms with Gasteiger partial charge in [-0.25, -0.2) is 19.3 Å². The first-order chi connectivity index (χ1) is 14.9. The van der Waals surface area contributed by atoms with E-state index in [2.05, 4.69) is 10.1 Å². The van der Waals surface area contributed by atoms with Gasteiger partial charge in [0.05, 0.1) is 29.3 Å². The molecule has 0 saturated carbocycles. The van der Waals surface area contributed by atoms with Gasteiger partial charge in [0.15, 0.2) is 5.69 Å². The lowest BCUT2D eigenvalue weighted by Gasteiger charge is -2.14. The molecular formula is C23H19N3O5. The Morgan fingerprint density at radius 1 is 0.968 bits per heavy atom. The minimum absolute atomic E-state index is 0.00910. The van der Waals surface area contributed by atoms with E-state index in [-0.39, 0.29) is 29.1 Å². The van der Waals surface area contributed by atoms with E-state index in [9.17, 15) is 14.4 Å². The maximum Gasteiger partial charge on any atom is 0.359 e. The molecule has 0 unspecified atom stereocenters. The summed E-state index contributed by atoms with van der Waals surface area (Å²) in [4.78, 5) is 42.1. The molecule has 0 N–H and O–H groups in total. The second kappa shape index (κ2) is 7.98. The monoisotopic (exact) mass is 417 g/mol. The van der Waals surface area contributed by atoms with E-state index in [4.69, 9.17) is 9.47 Å². The Labute approximate surface area is 177 Å². The van der Waals surface area contributed by atoms with Gasteiger partial charge in [-0.15, -0.1) is 0 Å². The summed E-state index contributed by atoms with van der Waals surface area (Å²) in [5.74, 6) is -1.29. The number of nitrogens with zero attached hydrogens (tertiary/aromatic N) is 3. The van der Waals surface area contributed by atoms with Gasteiger partial charge < -0.3 is 9.47 Å². The highest BCUT2D eigenvalue weighted by molar-refractivity contribution is 6.02. The molecule has 0 atom stereocenters. The molecule has 0 saturated heterocycles. The first-order valence-corrected chi connectivity index (χ1v) is 9.52. The zero-order valence-electron chi connectivity index (χ0n) is 17.2. The Hall–Kier alpha value is -4.07. The number of ether oxygens (including phenoxy) is 2. The Morgan fingerprint density at radius 2 is 1.61 bits per heavy atom. The number of aromatic nitrogens is 3.